The van der Waals surface area contributed by atoms with Crippen LogP contribution in [0.3, 0.4) is 0 Å². The lowest BCUT2D eigenvalue weighted by Crippen LogP contribution is -2.67. The maximum Gasteiger partial charge on any atom is 0.332 e. The van der Waals surface area contributed by atoms with Gasteiger partial charge in [-0.2, -0.15) is 0 Å². The Bertz CT molecular complexity index is 2900. The quantitative estimate of drug-likeness (QED) is 0.163. The van der Waals surface area contributed by atoms with Gasteiger partial charge < -0.3 is 19.2 Å². The molecule has 7 aromatic rings. The van der Waals surface area contributed by atoms with E-state index in [2.05, 4.69) is 167 Å². The van der Waals surface area contributed by atoms with E-state index in [9.17, 15) is 0 Å². The van der Waals surface area contributed by atoms with Gasteiger partial charge in [0, 0.05) is 34.5 Å². The highest BCUT2D eigenvalue weighted by Crippen LogP contribution is 2.53. The molecule has 0 amide bonds. The minimum Gasteiger partial charge on any atom is -0.450 e. The van der Waals surface area contributed by atoms with Gasteiger partial charge in [0.15, 0.2) is 23.0 Å². The van der Waals surface area contributed by atoms with E-state index in [1.807, 2.05) is 24.3 Å². The average Bonchev–Trinajstić information content (AvgIpc) is 3.21. The van der Waals surface area contributed by atoms with Gasteiger partial charge in [-0.15, -0.1) is 0 Å². The fourth-order valence-electron chi connectivity index (χ4n) is 10.7. The molecule has 1 aliphatic carbocycles. The Morgan fingerprint density at radius 1 is 0.517 bits per heavy atom. The van der Waals surface area contributed by atoms with E-state index in [-0.39, 0.29) is 17.7 Å². The Kier molecular flexibility index (Phi) is 7.43. The predicted molar refractivity (Wildman–Crippen MR) is 247 cm³/mol. The second kappa shape index (κ2) is 12.2. The van der Waals surface area contributed by atoms with Crippen molar-refractivity contribution < 1.29 is 9.47 Å². The van der Waals surface area contributed by atoms with Crippen LogP contribution in [0.15, 0.2) is 127 Å². The number of hydrogen-bond donors (Lipinski definition) is 0. The van der Waals surface area contributed by atoms with Crippen LogP contribution < -0.4 is 40.5 Å². The maximum atomic E-state index is 6.77. The summed E-state index contributed by atoms with van der Waals surface area (Å²) >= 11 is 0. The third kappa shape index (κ3) is 5.00. The molecule has 0 unspecified atom stereocenters. The standard InChI is InChI=1S/C52H49BN2O2Si/c1-32-16-15-23-49-50(32)55(40-19-11-14-22-48(40)58(49,7)8)53-38-27-34-17-9-10-18-35(34)28-42(38)54(41-29-37-36(26-33(41)2)51(3,4)24-25-52(37,5)6)43-31-47-46(30-39(43)53)56-44-20-12-13-21-45(44)57-47/h9-23,26-31H,24-25H2,1-8H3. The number of aryl methyl sites for hydroxylation is 2. The van der Waals surface area contributed by atoms with Crippen LogP contribution >= 0.6 is 0 Å². The minimum absolute atomic E-state index is 0.0482. The normalized spacial score (nSPS) is 17.4. The lowest BCUT2D eigenvalue weighted by molar-refractivity contribution is 0.332. The molecule has 0 aromatic heterocycles. The van der Waals surface area contributed by atoms with Crippen LogP contribution in [0.5, 0.6) is 23.0 Å². The van der Waals surface area contributed by atoms with Crippen molar-refractivity contribution in [1.29, 1.82) is 0 Å². The zero-order chi connectivity index (χ0) is 39.9. The Hall–Kier alpha value is -5.72. The lowest BCUT2D eigenvalue weighted by Gasteiger charge is -2.48. The van der Waals surface area contributed by atoms with Gasteiger partial charge in [0.2, 0.25) is 0 Å². The molecular weight excluding hydrogens is 723 g/mol. The van der Waals surface area contributed by atoms with E-state index in [1.165, 1.54) is 83.5 Å². The molecule has 0 bridgehead atoms. The molecule has 0 fully saturated rings. The monoisotopic (exact) mass is 772 g/mol. The van der Waals surface area contributed by atoms with Crippen molar-refractivity contribution in [2.24, 2.45) is 0 Å². The second-order valence-electron chi connectivity index (χ2n) is 18.9. The van der Waals surface area contributed by atoms with E-state index >= 15 is 0 Å². The zero-order valence-electron chi connectivity index (χ0n) is 34.8. The van der Waals surface area contributed by atoms with Crippen molar-refractivity contribution in [1.82, 2.24) is 0 Å². The Balaban J connectivity index is 1.26. The van der Waals surface area contributed by atoms with E-state index in [0.29, 0.717) is 0 Å². The number of rotatable bonds is 2. The summed E-state index contributed by atoms with van der Waals surface area (Å²) in [6.07, 6.45) is 2.33. The number of anilines is 5. The third-order valence-corrected chi connectivity index (χ3v) is 17.5. The Morgan fingerprint density at radius 3 is 1.81 bits per heavy atom. The lowest BCUT2D eigenvalue weighted by atomic mass is 9.45. The second-order valence-corrected chi connectivity index (χ2v) is 23.3. The first-order valence-corrected chi connectivity index (χ1v) is 23.9. The van der Waals surface area contributed by atoms with Crippen molar-refractivity contribution in [3.8, 4) is 23.0 Å². The average molecular weight is 773 g/mol. The van der Waals surface area contributed by atoms with Crippen LogP contribution in [0.2, 0.25) is 13.1 Å². The van der Waals surface area contributed by atoms with Crippen molar-refractivity contribution in [3.05, 3.63) is 150 Å². The summed E-state index contributed by atoms with van der Waals surface area (Å²) in [6, 6.07) is 47.5. The number of ether oxygens (including phenoxy) is 2. The molecule has 11 rings (SSSR count). The number of nitrogens with zero attached hydrogens (tertiary/aromatic N) is 2. The first-order chi connectivity index (χ1) is 27.8. The molecule has 0 spiro atoms. The van der Waals surface area contributed by atoms with Crippen LogP contribution in [0.25, 0.3) is 10.8 Å². The SMILES string of the molecule is Cc1cc2c(cc1N1c3cc4c(cc3B(N3c5ccccc5[Si](C)(C)c5cccc(C)c53)c3cc5ccccc5cc31)Oc1ccccc1O4)C(C)(C)CCC2(C)C. The smallest absolute Gasteiger partial charge is 0.332 e. The van der Waals surface area contributed by atoms with E-state index < -0.39 is 8.07 Å². The van der Waals surface area contributed by atoms with Gasteiger partial charge >= 0.3 is 6.85 Å². The van der Waals surface area contributed by atoms with Crippen molar-refractivity contribution in [3.63, 3.8) is 0 Å². The molecule has 0 radical (unpaired) electrons. The van der Waals surface area contributed by atoms with Gasteiger partial charge in [-0.1, -0.05) is 126 Å². The molecule has 0 atom stereocenters. The zero-order valence-corrected chi connectivity index (χ0v) is 35.8. The predicted octanol–water partition coefficient (Wildman–Crippen LogP) is 11.6. The molecule has 6 heteroatoms. The summed E-state index contributed by atoms with van der Waals surface area (Å²) in [6.45, 7) is 19.2. The summed E-state index contributed by atoms with van der Waals surface area (Å²) in [7, 11) is -2.07. The van der Waals surface area contributed by atoms with Gasteiger partial charge in [0.1, 0.15) is 8.07 Å². The molecule has 4 aliphatic rings. The maximum absolute atomic E-state index is 6.77. The highest BCUT2D eigenvalue weighted by molar-refractivity contribution is 7.04. The number of para-hydroxylation sites is 4. The summed E-state index contributed by atoms with van der Waals surface area (Å²) in [4.78, 5) is 5.23. The van der Waals surface area contributed by atoms with E-state index in [0.717, 1.165) is 35.1 Å². The molecule has 286 valence electrons. The number of fused-ring (bicyclic) bond motifs is 8. The molecular formula is C52H49BN2O2Si. The summed E-state index contributed by atoms with van der Waals surface area (Å²) in [5.41, 5.74) is 14.2. The van der Waals surface area contributed by atoms with Gasteiger partial charge in [-0.25, -0.2) is 0 Å². The third-order valence-electron chi connectivity index (χ3n) is 14.0. The van der Waals surface area contributed by atoms with Crippen LogP contribution in [-0.4, -0.2) is 14.9 Å². The van der Waals surface area contributed by atoms with Crippen molar-refractivity contribution >= 4 is 75.4 Å². The first-order valence-electron chi connectivity index (χ1n) is 20.9. The highest BCUT2D eigenvalue weighted by Gasteiger charge is 2.48. The summed E-state index contributed by atoms with van der Waals surface area (Å²) in [5.74, 6) is 2.93. The van der Waals surface area contributed by atoms with Crippen LogP contribution in [0.4, 0.5) is 28.4 Å². The molecule has 3 heterocycles. The van der Waals surface area contributed by atoms with Gasteiger partial charge in [-0.3, -0.25) is 0 Å². The van der Waals surface area contributed by atoms with Crippen LogP contribution in [-0.2, 0) is 10.8 Å². The fourth-order valence-corrected chi connectivity index (χ4v) is 13.7. The van der Waals surface area contributed by atoms with Gasteiger partial charge in [-0.05, 0) is 128 Å². The van der Waals surface area contributed by atoms with Gasteiger partial charge in [0.25, 0.3) is 0 Å². The molecule has 0 saturated heterocycles. The Labute approximate surface area is 344 Å². The largest absolute Gasteiger partial charge is 0.450 e. The highest BCUT2D eigenvalue weighted by atomic mass is 28.3. The topological polar surface area (TPSA) is 24.9 Å². The molecule has 0 N–H and O–H groups in total. The van der Waals surface area contributed by atoms with Crippen LogP contribution in [0, 0.1) is 13.8 Å². The van der Waals surface area contributed by atoms with Crippen molar-refractivity contribution in [2.75, 3.05) is 9.71 Å². The van der Waals surface area contributed by atoms with E-state index in [4.69, 9.17) is 9.47 Å². The number of benzene rings is 7. The molecule has 4 nitrogen and oxygen atoms in total. The molecule has 3 aliphatic heterocycles. The molecule has 7 aromatic carbocycles. The molecule has 0 saturated carbocycles. The minimum atomic E-state index is -2.07. The van der Waals surface area contributed by atoms with E-state index in [1.54, 1.807) is 0 Å². The molecule has 58 heavy (non-hydrogen) atoms. The fraction of sp³-hybridized carbons (Fsp3) is 0.231. The summed E-state index contributed by atoms with van der Waals surface area (Å²) < 4.78 is 13.5. The number of hydrogen-bond acceptors (Lipinski definition) is 4. The Morgan fingerprint density at radius 2 is 1.09 bits per heavy atom. The summed E-state index contributed by atoms with van der Waals surface area (Å²) in [5, 5.41) is 5.39. The van der Waals surface area contributed by atoms with Gasteiger partial charge in [0.05, 0.1) is 0 Å². The van der Waals surface area contributed by atoms with Crippen molar-refractivity contribution in [2.45, 2.75) is 78.3 Å². The van der Waals surface area contributed by atoms with Crippen LogP contribution in [0.1, 0.15) is 62.8 Å². The first kappa shape index (κ1) is 35.4.